The first-order valence-electron chi connectivity index (χ1n) is 4.79. The smallest absolute Gasteiger partial charge is 0.358 e. The predicted molar refractivity (Wildman–Crippen MR) is 53.3 cm³/mol. The van der Waals surface area contributed by atoms with E-state index >= 15 is 0 Å². The Labute approximate surface area is 87.3 Å². The predicted octanol–water partition coefficient (Wildman–Crippen LogP) is 0.502. The molecule has 1 atom stereocenters. The number of rotatable bonds is 6. The summed E-state index contributed by atoms with van der Waals surface area (Å²) in [5.41, 5.74) is 11.0. The molecule has 5 N–H and O–H groups in total. The van der Waals surface area contributed by atoms with Gasteiger partial charge in [0.15, 0.2) is 17.8 Å². The molecule has 0 aliphatic heterocycles. The molecule has 1 aromatic heterocycles. The van der Waals surface area contributed by atoms with E-state index in [1.165, 1.54) is 0 Å². The number of hydrogen-bond donors (Lipinski definition) is 3. The number of nitrogens with zero attached hydrogens (tertiary/aromatic N) is 1. The standard InChI is InChI=1S/C9H15N3O3/c10-4-2-1-3-6(11)8-7(9(13)14)12-5-15-8/h5-6H,1-4,10-11H2,(H,13,14)/t6-/m1/s1. The molecule has 0 fully saturated rings. The van der Waals surface area contributed by atoms with Crippen LogP contribution < -0.4 is 11.5 Å². The molecule has 6 nitrogen and oxygen atoms in total. The zero-order valence-electron chi connectivity index (χ0n) is 8.35. The number of unbranched alkanes of at least 4 members (excludes halogenated alkanes) is 1. The van der Waals surface area contributed by atoms with E-state index in [4.69, 9.17) is 21.0 Å². The van der Waals surface area contributed by atoms with Crippen molar-refractivity contribution in [2.45, 2.75) is 25.3 Å². The van der Waals surface area contributed by atoms with Gasteiger partial charge >= 0.3 is 5.97 Å². The Bertz CT molecular complexity index is 324. The molecule has 15 heavy (non-hydrogen) atoms. The maximum atomic E-state index is 10.7. The monoisotopic (exact) mass is 213 g/mol. The van der Waals surface area contributed by atoms with E-state index in [0.29, 0.717) is 13.0 Å². The number of carbonyl (C=O) groups is 1. The molecule has 1 rings (SSSR count). The van der Waals surface area contributed by atoms with Crippen LogP contribution in [-0.4, -0.2) is 22.6 Å². The van der Waals surface area contributed by atoms with Crippen LogP contribution in [0.3, 0.4) is 0 Å². The Hall–Kier alpha value is -1.40. The molecule has 0 unspecified atom stereocenters. The summed E-state index contributed by atoms with van der Waals surface area (Å²) >= 11 is 0. The van der Waals surface area contributed by atoms with Crippen LogP contribution in [0.25, 0.3) is 0 Å². The van der Waals surface area contributed by atoms with Gasteiger partial charge in [0.25, 0.3) is 0 Å². The second-order valence-corrected chi connectivity index (χ2v) is 3.26. The molecule has 0 radical (unpaired) electrons. The van der Waals surface area contributed by atoms with E-state index < -0.39 is 12.0 Å². The van der Waals surface area contributed by atoms with Crippen LogP contribution in [0.1, 0.15) is 41.6 Å². The summed E-state index contributed by atoms with van der Waals surface area (Å²) in [6, 6.07) is -0.426. The maximum absolute atomic E-state index is 10.7. The lowest BCUT2D eigenvalue weighted by molar-refractivity contribution is 0.0688. The number of aromatic carboxylic acids is 1. The van der Waals surface area contributed by atoms with Crippen LogP contribution in [0, 0.1) is 0 Å². The fourth-order valence-electron chi connectivity index (χ4n) is 1.32. The minimum Gasteiger partial charge on any atom is -0.476 e. The molecular weight excluding hydrogens is 198 g/mol. The third-order valence-corrected chi connectivity index (χ3v) is 2.10. The highest BCUT2D eigenvalue weighted by Crippen LogP contribution is 2.19. The third kappa shape index (κ3) is 3.03. The topological polar surface area (TPSA) is 115 Å². The summed E-state index contributed by atoms with van der Waals surface area (Å²) in [6.07, 6.45) is 3.45. The van der Waals surface area contributed by atoms with Crippen LogP contribution >= 0.6 is 0 Å². The largest absolute Gasteiger partial charge is 0.476 e. The van der Waals surface area contributed by atoms with Crippen molar-refractivity contribution in [3.63, 3.8) is 0 Å². The number of aromatic nitrogens is 1. The molecule has 0 bridgehead atoms. The average Bonchev–Trinajstić information content (AvgIpc) is 2.66. The van der Waals surface area contributed by atoms with Crippen LogP contribution in [-0.2, 0) is 0 Å². The highest BCUT2D eigenvalue weighted by molar-refractivity contribution is 5.86. The zero-order valence-corrected chi connectivity index (χ0v) is 8.35. The van der Waals surface area contributed by atoms with E-state index in [0.717, 1.165) is 19.2 Å². The van der Waals surface area contributed by atoms with Crippen molar-refractivity contribution < 1.29 is 14.3 Å². The molecule has 6 heteroatoms. The maximum Gasteiger partial charge on any atom is 0.358 e. The van der Waals surface area contributed by atoms with E-state index in [9.17, 15) is 4.79 Å². The molecule has 1 heterocycles. The average molecular weight is 213 g/mol. The second kappa shape index (κ2) is 5.47. The van der Waals surface area contributed by atoms with Crippen molar-refractivity contribution in [1.29, 1.82) is 0 Å². The molecular formula is C9H15N3O3. The Morgan fingerprint density at radius 1 is 1.60 bits per heavy atom. The minimum atomic E-state index is -1.12. The molecule has 0 aliphatic carbocycles. The third-order valence-electron chi connectivity index (χ3n) is 2.10. The molecule has 0 spiro atoms. The first kappa shape index (κ1) is 11.7. The number of carboxylic acids is 1. The molecule has 0 aromatic carbocycles. The van der Waals surface area contributed by atoms with E-state index in [2.05, 4.69) is 4.98 Å². The van der Waals surface area contributed by atoms with Gasteiger partial charge in [-0.25, -0.2) is 9.78 Å². The van der Waals surface area contributed by atoms with Crippen molar-refractivity contribution in [1.82, 2.24) is 4.98 Å². The lowest BCUT2D eigenvalue weighted by Crippen LogP contribution is -2.14. The quantitative estimate of drug-likeness (QED) is 0.592. The number of nitrogens with two attached hydrogens (primary N) is 2. The number of oxazole rings is 1. The lowest BCUT2D eigenvalue weighted by atomic mass is 10.1. The minimum absolute atomic E-state index is 0.102. The fourth-order valence-corrected chi connectivity index (χ4v) is 1.32. The first-order chi connectivity index (χ1) is 7.16. The van der Waals surface area contributed by atoms with Gasteiger partial charge in [-0.05, 0) is 19.4 Å². The Morgan fingerprint density at radius 3 is 2.93 bits per heavy atom. The van der Waals surface area contributed by atoms with Crippen LogP contribution in [0.5, 0.6) is 0 Å². The summed E-state index contributed by atoms with van der Waals surface area (Å²) in [7, 11) is 0. The van der Waals surface area contributed by atoms with Crippen molar-refractivity contribution in [3.8, 4) is 0 Å². The summed E-state index contributed by atoms with van der Waals surface area (Å²) in [4.78, 5) is 14.3. The van der Waals surface area contributed by atoms with Gasteiger partial charge in [-0.2, -0.15) is 0 Å². The number of hydrogen-bond acceptors (Lipinski definition) is 5. The van der Waals surface area contributed by atoms with Gasteiger partial charge < -0.3 is 21.0 Å². The summed E-state index contributed by atoms with van der Waals surface area (Å²) < 4.78 is 4.97. The highest BCUT2D eigenvalue weighted by Gasteiger charge is 2.20. The van der Waals surface area contributed by atoms with Gasteiger partial charge in [0.2, 0.25) is 0 Å². The zero-order chi connectivity index (χ0) is 11.3. The van der Waals surface area contributed by atoms with Crippen molar-refractivity contribution >= 4 is 5.97 Å². The molecule has 1 aromatic rings. The normalized spacial score (nSPS) is 12.7. The number of carboxylic acid groups (broad SMARTS) is 1. The van der Waals surface area contributed by atoms with Crippen molar-refractivity contribution in [2.24, 2.45) is 11.5 Å². The van der Waals surface area contributed by atoms with Crippen LogP contribution in [0.2, 0.25) is 0 Å². The molecule has 0 amide bonds. The van der Waals surface area contributed by atoms with E-state index in [1.54, 1.807) is 0 Å². The van der Waals surface area contributed by atoms with E-state index in [-0.39, 0.29) is 11.5 Å². The SMILES string of the molecule is NCCCC[C@@H](N)c1ocnc1C(=O)O. The molecule has 0 saturated carbocycles. The molecule has 0 aliphatic rings. The van der Waals surface area contributed by atoms with Crippen molar-refractivity contribution in [2.75, 3.05) is 6.54 Å². The summed E-state index contributed by atoms with van der Waals surface area (Å²) in [6.45, 7) is 0.606. The van der Waals surface area contributed by atoms with E-state index in [1.807, 2.05) is 0 Å². The van der Waals surface area contributed by atoms with Gasteiger partial charge in [0, 0.05) is 0 Å². The van der Waals surface area contributed by atoms with Gasteiger partial charge in [0.1, 0.15) is 0 Å². The summed E-state index contributed by atoms with van der Waals surface area (Å²) in [5, 5.41) is 8.78. The van der Waals surface area contributed by atoms with Gasteiger partial charge in [-0.3, -0.25) is 0 Å². The Kier molecular flexibility index (Phi) is 4.26. The molecule has 84 valence electrons. The first-order valence-corrected chi connectivity index (χ1v) is 4.79. The van der Waals surface area contributed by atoms with Crippen LogP contribution in [0.4, 0.5) is 0 Å². The molecule has 0 saturated heterocycles. The second-order valence-electron chi connectivity index (χ2n) is 3.26. The van der Waals surface area contributed by atoms with Gasteiger partial charge in [-0.15, -0.1) is 0 Å². The fraction of sp³-hybridized carbons (Fsp3) is 0.556. The van der Waals surface area contributed by atoms with Gasteiger partial charge in [0.05, 0.1) is 6.04 Å². The summed E-state index contributed by atoms with van der Waals surface area (Å²) in [5.74, 6) is -0.882. The Balaban J connectivity index is 2.60. The van der Waals surface area contributed by atoms with Gasteiger partial charge in [-0.1, -0.05) is 6.42 Å². The van der Waals surface area contributed by atoms with Crippen LogP contribution in [0.15, 0.2) is 10.8 Å². The Morgan fingerprint density at radius 2 is 2.33 bits per heavy atom. The van der Waals surface area contributed by atoms with Crippen molar-refractivity contribution in [3.05, 3.63) is 17.8 Å². The lowest BCUT2D eigenvalue weighted by Gasteiger charge is -2.08. The highest BCUT2D eigenvalue weighted by atomic mass is 16.4.